The van der Waals surface area contributed by atoms with E-state index in [-0.39, 0.29) is 48.9 Å². The van der Waals surface area contributed by atoms with E-state index in [1.165, 1.54) is 0 Å². The molecule has 33 heavy (non-hydrogen) atoms. The summed E-state index contributed by atoms with van der Waals surface area (Å²) in [5.41, 5.74) is 2.54. The number of aromatic nitrogens is 1. The molecule has 3 N–H and O–H groups in total. The summed E-state index contributed by atoms with van der Waals surface area (Å²) in [4.78, 5) is 29.1. The van der Waals surface area contributed by atoms with Crippen molar-refractivity contribution in [3.63, 3.8) is 0 Å². The molecule has 174 valence electrons. The quantitative estimate of drug-likeness (QED) is 0.597. The van der Waals surface area contributed by atoms with Gasteiger partial charge in [-0.2, -0.15) is 0 Å². The minimum absolute atomic E-state index is 0.0138. The Balaban J connectivity index is 1.25. The number of anilines is 1. The van der Waals surface area contributed by atoms with Crippen molar-refractivity contribution in [2.75, 3.05) is 11.9 Å². The second kappa shape index (κ2) is 9.49. The van der Waals surface area contributed by atoms with Crippen LogP contribution in [0.3, 0.4) is 0 Å². The molecule has 2 aliphatic heterocycles. The van der Waals surface area contributed by atoms with Crippen molar-refractivity contribution in [3.05, 3.63) is 53.9 Å². The van der Waals surface area contributed by atoms with Crippen molar-refractivity contribution in [2.24, 2.45) is 5.92 Å². The summed E-state index contributed by atoms with van der Waals surface area (Å²) < 4.78 is 12.1. The Hall–Kier alpha value is -2.97. The minimum atomic E-state index is -0.516. The van der Waals surface area contributed by atoms with Crippen molar-refractivity contribution in [1.82, 2.24) is 10.3 Å². The number of pyridine rings is 1. The van der Waals surface area contributed by atoms with Gasteiger partial charge in [0.2, 0.25) is 11.8 Å². The highest BCUT2D eigenvalue weighted by Gasteiger charge is 2.46. The normalized spacial score (nSPS) is 25.8. The molecule has 2 amide bonds. The number of rotatable bonds is 7. The first-order chi connectivity index (χ1) is 16.1. The molecule has 1 aliphatic carbocycles. The van der Waals surface area contributed by atoms with Gasteiger partial charge in [0.15, 0.2) is 0 Å². The third kappa shape index (κ3) is 4.72. The van der Waals surface area contributed by atoms with E-state index >= 15 is 0 Å². The number of fused-ring (bicyclic) bond motifs is 3. The molecule has 5 rings (SSSR count). The highest BCUT2D eigenvalue weighted by molar-refractivity contribution is 5.93. The maximum absolute atomic E-state index is 12.5. The molecule has 3 heterocycles. The Morgan fingerprint density at radius 2 is 2.06 bits per heavy atom. The largest absolute Gasteiger partial charge is 0.487 e. The van der Waals surface area contributed by atoms with Gasteiger partial charge in [-0.25, -0.2) is 0 Å². The van der Waals surface area contributed by atoms with Crippen LogP contribution < -0.4 is 15.4 Å². The zero-order chi connectivity index (χ0) is 22.8. The van der Waals surface area contributed by atoms with Crippen LogP contribution in [0.15, 0.2) is 42.6 Å². The molecule has 0 unspecified atom stereocenters. The number of nitrogens with zero attached hydrogens (tertiary/aromatic N) is 1. The van der Waals surface area contributed by atoms with Gasteiger partial charge >= 0.3 is 0 Å². The van der Waals surface area contributed by atoms with E-state index in [2.05, 4.69) is 15.6 Å². The van der Waals surface area contributed by atoms with Crippen molar-refractivity contribution in [1.29, 1.82) is 0 Å². The van der Waals surface area contributed by atoms with Gasteiger partial charge in [-0.1, -0.05) is 12.5 Å². The van der Waals surface area contributed by atoms with Gasteiger partial charge < -0.3 is 25.2 Å². The van der Waals surface area contributed by atoms with Crippen LogP contribution in [0, 0.1) is 5.92 Å². The van der Waals surface area contributed by atoms with Crippen LogP contribution in [0.2, 0.25) is 0 Å². The number of hydrogen-bond donors (Lipinski definition) is 3. The van der Waals surface area contributed by atoms with E-state index < -0.39 is 6.10 Å². The molecule has 1 aromatic heterocycles. The van der Waals surface area contributed by atoms with E-state index in [9.17, 15) is 14.7 Å². The van der Waals surface area contributed by atoms with E-state index in [0.717, 1.165) is 42.0 Å². The zero-order valence-corrected chi connectivity index (χ0v) is 18.4. The molecule has 0 radical (unpaired) electrons. The van der Waals surface area contributed by atoms with Crippen molar-refractivity contribution in [3.8, 4) is 5.75 Å². The van der Waals surface area contributed by atoms with Crippen LogP contribution in [0.5, 0.6) is 5.75 Å². The first-order valence-corrected chi connectivity index (χ1v) is 11.6. The fraction of sp³-hybridized carbons (Fsp3) is 0.480. The molecule has 1 saturated carbocycles. The number of carbonyl (C=O) groups is 2. The number of nitrogens with one attached hydrogen (secondary N) is 2. The third-order valence-corrected chi connectivity index (χ3v) is 6.85. The molecule has 0 bridgehead atoms. The van der Waals surface area contributed by atoms with Gasteiger partial charge in [0, 0.05) is 29.3 Å². The van der Waals surface area contributed by atoms with Crippen LogP contribution in [-0.4, -0.2) is 46.8 Å². The summed E-state index contributed by atoms with van der Waals surface area (Å²) in [6, 6.07) is 11.3. The van der Waals surface area contributed by atoms with E-state index in [1.54, 1.807) is 6.20 Å². The molecule has 2 aromatic rings. The maximum atomic E-state index is 12.5. The van der Waals surface area contributed by atoms with Crippen LogP contribution >= 0.6 is 0 Å². The topological polar surface area (TPSA) is 110 Å². The number of ether oxygens (including phenoxy) is 2. The number of carbonyl (C=O) groups excluding carboxylic acids is 2. The fourth-order valence-electron chi connectivity index (χ4n) is 4.85. The summed E-state index contributed by atoms with van der Waals surface area (Å²) in [7, 11) is 0. The Morgan fingerprint density at radius 3 is 2.79 bits per heavy atom. The van der Waals surface area contributed by atoms with Gasteiger partial charge in [0.25, 0.3) is 0 Å². The van der Waals surface area contributed by atoms with E-state index in [4.69, 9.17) is 9.47 Å². The summed E-state index contributed by atoms with van der Waals surface area (Å²) in [6.45, 7) is 0.171. The second-order valence-electron chi connectivity index (χ2n) is 9.08. The molecule has 0 spiro atoms. The number of aliphatic hydroxyl groups excluding tert-OH is 1. The highest BCUT2D eigenvalue weighted by Crippen LogP contribution is 2.47. The SMILES string of the molecule is O=C(C[C@H]1C[C@H]2c3cc(NC(=O)C4CCC4)ccc3O[C@H]2[C@H](CO)O1)NCc1ccccn1. The lowest BCUT2D eigenvalue weighted by Gasteiger charge is -2.37. The molecule has 2 fully saturated rings. The molecule has 3 aliphatic rings. The monoisotopic (exact) mass is 451 g/mol. The highest BCUT2D eigenvalue weighted by atomic mass is 16.6. The van der Waals surface area contributed by atoms with Crippen LogP contribution in [0.1, 0.15) is 49.3 Å². The first kappa shape index (κ1) is 21.9. The molecule has 1 saturated heterocycles. The summed E-state index contributed by atoms with van der Waals surface area (Å²) in [5.74, 6) is 0.785. The molecule has 4 atom stereocenters. The minimum Gasteiger partial charge on any atom is -0.487 e. The van der Waals surface area contributed by atoms with Crippen LogP contribution in [0.25, 0.3) is 0 Å². The molecule has 8 heteroatoms. The first-order valence-electron chi connectivity index (χ1n) is 11.6. The molecular weight excluding hydrogens is 422 g/mol. The molecule has 8 nitrogen and oxygen atoms in total. The average Bonchev–Trinajstić information content (AvgIpc) is 3.14. The van der Waals surface area contributed by atoms with Gasteiger partial charge in [-0.15, -0.1) is 0 Å². The number of aliphatic hydroxyl groups is 1. The van der Waals surface area contributed by atoms with Crippen molar-refractivity contribution in [2.45, 2.75) is 62.9 Å². The Morgan fingerprint density at radius 1 is 1.18 bits per heavy atom. The van der Waals surface area contributed by atoms with Crippen LogP contribution in [-0.2, 0) is 20.9 Å². The van der Waals surface area contributed by atoms with Crippen LogP contribution in [0.4, 0.5) is 5.69 Å². The van der Waals surface area contributed by atoms with E-state index in [0.29, 0.717) is 13.0 Å². The second-order valence-corrected chi connectivity index (χ2v) is 9.08. The van der Waals surface area contributed by atoms with E-state index in [1.807, 2.05) is 36.4 Å². The van der Waals surface area contributed by atoms with Gasteiger partial charge in [0.1, 0.15) is 18.0 Å². The average molecular weight is 452 g/mol. The van der Waals surface area contributed by atoms with Gasteiger partial charge in [-0.3, -0.25) is 14.6 Å². The lowest BCUT2D eigenvalue weighted by Crippen LogP contribution is -2.47. The van der Waals surface area contributed by atoms with Gasteiger partial charge in [0.05, 0.1) is 31.4 Å². The third-order valence-electron chi connectivity index (χ3n) is 6.85. The number of amides is 2. The van der Waals surface area contributed by atoms with Crippen molar-refractivity contribution < 1.29 is 24.2 Å². The standard InChI is InChI=1S/C25H29N3O5/c29-14-22-24-20(11-18(32-22)12-23(30)27-13-17-6-1-2-9-26-17)19-10-16(7-8-21(19)33-24)28-25(31)15-4-3-5-15/h1-2,6-10,15,18,20,22,24,29H,3-5,11-14H2,(H,27,30)(H,28,31)/t18-,20+,22+,24-/m1/s1. The molecule has 1 aromatic carbocycles. The lowest BCUT2D eigenvalue weighted by atomic mass is 9.83. The lowest BCUT2D eigenvalue weighted by molar-refractivity contribution is -0.142. The summed E-state index contributed by atoms with van der Waals surface area (Å²) >= 11 is 0. The Kier molecular flexibility index (Phi) is 6.28. The maximum Gasteiger partial charge on any atom is 0.227 e. The summed E-state index contributed by atoms with van der Waals surface area (Å²) in [6.07, 6.45) is 4.33. The summed E-state index contributed by atoms with van der Waals surface area (Å²) in [5, 5.41) is 15.8. The predicted molar refractivity (Wildman–Crippen MR) is 121 cm³/mol. The Bertz CT molecular complexity index is 1010. The van der Waals surface area contributed by atoms with Crippen molar-refractivity contribution >= 4 is 17.5 Å². The Labute approximate surface area is 192 Å². The fourth-order valence-corrected chi connectivity index (χ4v) is 4.85. The number of benzene rings is 1. The number of hydrogen-bond acceptors (Lipinski definition) is 6. The smallest absolute Gasteiger partial charge is 0.227 e. The van der Waals surface area contributed by atoms with Gasteiger partial charge in [-0.05, 0) is 49.6 Å². The molecular formula is C25H29N3O5. The predicted octanol–water partition coefficient (Wildman–Crippen LogP) is 2.52. The zero-order valence-electron chi connectivity index (χ0n) is 18.4.